The van der Waals surface area contributed by atoms with Crippen LogP contribution in [0.15, 0.2) is 36.2 Å². The minimum absolute atomic E-state index is 0.787. The van der Waals surface area contributed by atoms with Gasteiger partial charge in [-0.3, -0.25) is 0 Å². The largest absolute Gasteiger partial charge is 0.142 e. The molecule has 32 heavy (non-hydrogen) atoms. The molecule has 0 saturated carbocycles. The van der Waals surface area contributed by atoms with Crippen LogP contribution in [0.3, 0.4) is 0 Å². The fourth-order valence-corrected chi connectivity index (χ4v) is 7.87. The molecule has 0 spiro atoms. The zero-order chi connectivity index (χ0) is 22.6. The van der Waals surface area contributed by atoms with Gasteiger partial charge in [0.05, 0.1) is 4.88 Å². The molecule has 176 valence electrons. The molecule has 0 aliphatic carbocycles. The molecular weight excluding hydrogens is 445 g/mol. The first kappa shape index (κ1) is 25.8. The Kier molecular flexibility index (Phi) is 11.7. The molecule has 0 aromatic carbocycles. The molecule has 1 aliphatic heterocycles. The van der Waals surface area contributed by atoms with Crippen molar-refractivity contribution in [3.8, 4) is 9.75 Å². The Bertz CT molecular complexity index is 838. The number of thioether (sulfide) groups is 1. The number of allylic oxidation sites excluding steroid dienone is 2. The molecule has 3 heterocycles. The number of rotatable bonds is 16. The summed E-state index contributed by atoms with van der Waals surface area (Å²) in [5.74, 6) is 0. The van der Waals surface area contributed by atoms with E-state index < -0.39 is 0 Å². The summed E-state index contributed by atoms with van der Waals surface area (Å²) in [5.41, 5.74) is 2.79. The first-order valence-electron chi connectivity index (χ1n) is 13.0. The average Bonchev–Trinajstić information content (AvgIpc) is 3.55. The van der Waals surface area contributed by atoms with Gasteiger partial charge in [-0.2, -0.15) is 0 Å². The first-order valence-corrected chi connectivity index (χ1v) is 15.5. The Labute approximate surface area is 209 Å². The lowest BCUT2D eigenvalue weighted by Gasteiger charge is -2.10. The molecule has 1 atom stereocenters. The molecule has 0 N–H and O–H groups in total. The molecule has 0 saturated heterocycles. The van der Waals surface area contributed by atoms with E-state index in [1.54, 1.807) is 0 Å². The van der Waals surface area contributed by atoms with E-state index in [9.17, 15) is 0 Å². The predicted octanol–water partition coefficient (Wildman–Crippen LogP) is 11.4. The van der Waals surface area contributed by atoms with Crippen LogP contribution in [-0.4, -0.2) is 5.25 Å². The van der Waals surface area contributed by atoms with Gasteiger partial charge >= 0.3 is 0 Å². The molecule has 2 aromatic heterocycles. The van der Waals surface area contributed by atoms with Crippen molar-refractivity contribution in [2.45, 2.75) is 109 Å². The van der Waals surface area contributed by atoms with Crippen molar-refractivity contribution in [3.05, 3.63) is 46.7 Å². The van der Waals surface area contributed by atoms with E-state index in [0.717, 1.165) is 11.7 Å². The molecule has 0 fully saturated rings. The van der Waals surface area contributed by atoms with Gasteiger partial charge in [0.15, 0.2) is 0 Å². The molecule has 3 rings (SSSR count). The Balaban J connectivity index is 1.49. The second-order valence-corrected chi connectivity index (χ2v) is 12.5. The molecule has 2 aromatic rings. The van der Waals surface area contributed by atoms with Gasteiger partial charge in [-0.1, -0.05) is 90.7 Å². The Morgan fingerprint density at radius 2 is 1.62 bits per heavy atom. The monoisotopic (exact) mass is 486 g/mol. The summed E-state index contributed by atoms with van der Waals surface area (Å²) in [6.45, 7) is 8.97. The molecule has 0 radical (unpaired) electrons. The smallest absolute Gasteiger partial charge is 0.0526 e. The fourth-order valence-electron chi connectivity index (χ4n) is 4.43. The van der Waals surface area contributed by atoms with E-state index in [4.69, 9.17) is 0 Å². The van der Waals surface area contributed by atoms with Crippen LogP contribution in [-0.2, 0) is 0 Å². The van der Waals surface area contributed by atoms with Crippen molar-refractivity contribution < 1.29 is 0 Å². The van der Waals surface area contributed by atoms with Gasteiger partial charge in [-0.25, -0.2) is 0 Å². The van der Waals surface area contributed by atoms with Gasteiger partial charge in [0.2, 0.25) is 0 Å². The number of hydrogen-bond donors (Lipinski definition) is 0. The van der Waals surface area contributed by atoms with Gasteiger partial charge in [0.1, 0.15) is 0 Å². The lowest BCUT2D eigenvalue weighted by atomic mass is 10.1. The summed E-state index contributed by atoms with van der Waals surface area (Å²) < 4.78 is 0. The maximum atomic E-state index is 4.40. The topological polar surface area (TPSA) is 0 Å². The first-order chi connectivity index (χ1) is 15.7. The lowest BCUT2D eigenvalue weighted by molar-refractivity contribution is 0.583. The summed E-state index contributed by atoms with van der Waals surface area (Å²) in [6.07, 6.45) is 21.3. The summed E-state index contributed by atoms with van der Waals surface area (Å²) in [5, 5.41) is 3.06. The molecule has 1 aliphatic rings. The van der Waals surface area contributed by atoms with Crippen LogP contribution in [0.5, 0.6) is 0 Å². The van der Waals surface area contributed by atoms with E-state index in [1.807, 2.05) is 22.7 Å². The van der Waals surface area contributed by atoms with Crippen LogP contribution in [0.4, 0.5) is 0 Å². The van der Waals surface area contributed by atoms with Gasteiger partial charge in [-0.15, -0.1) is 34.4 Å². The van der Waals surface area contributed by atoms with Crippen molar-refractivity contribution in [2.24, 2.45) is 0 Å². The fraction of sp³-hybridized carbons (Fsp3) is 0.586. The summed E-state index contributed by atoms with van der Waals surface area (Å²) in [7, 11) is 0. The number of hydrogen-bond acceptors (Lipinski definition) is 3. The van der Waals surface area contributed by atoms with Crippen molar-refractivity contribution in [1.82, 2.24) is 0 Å². The highest BCUT2D eigenvalue weighted by Gasteiger charge is 2.22. The van der Waals surface area contributed by atoms with E-state index in [2.05, 4.69) is 61.8 Å². The van der Waals surface area contributed by atoms with Crippen LogP contribution < -0.4 is 0 Å². The van der Waals surface area contributed by atoms with Crippen LogP contribution >= 0.6 is 34.4 Å². The zero-order valence-corrected chi connectivity index (χ0v) is 22.7. The third-order valence-electron chi connectivity index (χ3n) is 6.43. The third kappa shape index (κ3) is 7.92. The normalized spacial score (nSPS) is 15.9. The number of unbranched alkanes of at least 4 members (excludes halogenated alkanes) is 9. The Morgan fingerprint density at radius 3 is 2.41 bits per heavy atom. The van der Waals surface area contributed by atoms with Crippen molar-refractivity contribution in [1.29, 1.82) is 0 Å². The highest BCUT2D eigenvalue weighted by molar-refractivity contribution is 8.09. The van der Waals surface area contributed by atoms with Gasteiger partial charge in [0.25, 0.3) is 0 Å². The minimum Gasteiger partial charge on any atom is -0.142 e. The summed E-state index contributed by atoms with van der Waals surface area (Å²) in [6, 6.07) is 6.97. The van der Waals surface area contributed by atoms with Crippen LogP contribution in [0, 0.1) is 0 Å². The quantitative estimate of drug-likeness (QED) is 0.213. The molecule has 1 unspecified atom stereocenters. The SMILES string of the molecule is C=C(CCCCCCC)c1ccc(-c2sccc2C2=CCC(CCCCCCCC)S2)s1. The molecule has 0 nitrogen and oxygen atoms in total. The summed E-state index contributed by atoms with van der Waals surface area (Å²) >= 11 is 5.97. The second kappa shape index (κ2) is 14.5. The summed E-state index contributed by atoms with van der Waals surface area (Å²) in [4.78, 5) is 5.76. The maximum absolute atomic E-state index is 4.40. The Morgan fingerprint density at radius 1 is 0.906 bits per heavy atom. The van der Waals surface area contributed by atoms with Gasteiger partial charge in [-0.05, 0) is 54.8 Å². The maximum Gasteiger partial charge on any atom is 0.0526 e. The van der Waals surface area contributed by atoms with Crippen LogP contribution in [0.25, 0.3) is 20.2 Å². The minimum atomic E-state index is 0.787. The third-order valence-corrected chi connectivity index (χ3v) is 10.1. The van der Waals surface area contributed by atoms with Gasteiger partial charge in [0, 0.05) is 25.5 Å². The molecule has 3 heteroatoms. The molecule has 0 bridgehead atoms. The lowest BCUT2D eigenvalue weighted by Crippen LogP contribution is -1.96. The molecular formula is C29H42S3. The number of thiophene rings is 2. The van der Waals surface area contributed by atoms with Gasteiger partial charge < -0.3 is 0 Å². The van der Waals surface area contributed by atoms with E-state index >= 15 is 0 Å². The van der Waals surface area contributed by atoms with Crippen LogP contribution in [0.2, 0.25) is 0 Å². The average molecular weight is 487 g/mol. The Hall–Kier alpha value is -0.770. The highest BCUT2D eigenvalue weighted by atomic mass is 32.2. The predicted molar refractivity (Wildman–Crippen MR) is 152 cm³/mol. The standard InChI is InChI=1S/C29H42S3/c1-4-6-8-10-12-14-16-24-17-18-27(31-24)25-21-22-30-29(25)28-20-19-26(32-28)23(3)15-13-11-9-7-5-2/h18-22,24H,3-17H2,1-2H3. The zero-order valence-electron chi connectivity index (χ0n) is 20.3. The van der Waals surface area contributed by atoms with Crippen molar-refractivity contribution in [2.75, 3.05) is 0 Å². The van der Waals surface area contributed by atoms with E-state index in [1.165, 1.54) is 114 Å². The van der Waals surface area contributed by atoms with E-state index in [-0.39, 0.29) is 0 Å². The van der Waals surface area contributed by atoms with Crippen LogP contribution in [0.1, 0.15) is 114 Å². The van der Waals surface area contributed by atoms with E-state index in [0.29, 0.717) is 0 Å². The highest BCUT2D eigenvalue weighted by Crippen LogP contribution is 2.47. The second-order valence-electron chi connectivity index (χ2n) is 9.20. The molecule has 0 amide bonds. The van der Waals surface area contributed by atoms with Crippen molar-refractivity contribution in [3.63, 3.8) is 0 Å². The van der Waals surface area contributed by atoms with Crippen molar-refractivity contribution >= 4 is 44.9 Å².